The van der Waals surface area contributed by atoms with Crippen LogP contribution in [0.1, 0.15) is 19.5 Å². The topological polar surface area (TPSA) is 253 Å². The molecule has 2 aromatic heterocycles. The number of fused-ring (bicyclic) bond motifs is 1. The van der Waals surface area contributed by atoms with Gasteiger partial charge in [-0.05, 0) is 18.8 Å². The third kappa shape index (κ3) is 5.41. The van der Waals surface area contributed by atoms with Gasteiger partial charge in [-0.25, -0.2) is 19.1 Å². The molecule has 16 nitrogen and oxygen atoms in total. The lowest BCUT2D eigenvalue weighted by Crippen LogP contribution is -2.71. The normalized spacial score (nSPS) is 19.3. The summed E-state index contributed by atoms with van der Waals surface area (Å²) in [7, 11) is 0. The summed E-state index contributed by atoms with van der Waals surface area (Å²) in [5, 5.41) is 26.2. The number of hydrogen-bond donors (Lipinski definition) is 6. The van der Waals surface area contributed by atoms with E-state index in [1.165, 1.54) is 43.5 Å². The van der Waals surface area contributed by atoms with Gasteiger partial charge in [-0.15, -0.1) is 23.1 Å². The van der Waals surface area contributed by atoms with Crippen molar-refractivity contribution in [2.75, 3.05) is 23.0 Å². The number of β-lactam (4-membered cyclic amide) rings is 1. The second-order valence-electron chi connectivity index (χ2n) is 8.92. The number of hydrogen-bond acceptors (Lipinski definition) is 13. The summed E-state index contributed by atoms with van der Waals surface area (Å²) in [6, 6.07) is -1.09. The van der Waals surface area contributed by atoms with Crippen molar-refractivity contribution in [2.24, 2.45) is 5.16 Å². The second kappa shape index (κ2) is 10.4. The molecule has 2 atom stereocenters. The highest BCUT2D eigenvalue weighted by Gasteiger charge is 2.54. The van der Waals surface area contributed by atoms with Gasteiger partial charge in [0, 0.05) is 16.7 Å². The van der Waals surface area contributed by atoms with E-state index in [4.69, 9.17) is 22.0 Å². The zero-order chi connectivity index (χ0) is 28.6. The lowest BCUT2D eigenvalue weighted by molar-refractivity contribution is -0.691. The molecule has 2 amide bonds. The number of nitrogen functional groups attached to an aromatic ring is 3. The first-order valence-electron chi connectivity index (χ1n) is 11.1. The number of nitrogens with zero attached hydrogens (tertiary/aromatic N) is 5. The van der Waals surface area contributed by atoms with Crippen molar-refractivity contribution in [3.05, 3.63) is 34.9 Å². The summed E-state index contributed by atoms with van der Waals surface area (Å²) in [5.74, 6) is -3.81. The number of carbonyl (C=O) groups is 4. The van der Waals surface area contributed by atoms with E-state index in [9.17, 15) is 29.4 Å². The summed E-state index contributed by atoms with van der Waals surface area (Å²) in [5.41, 5.74) is 15.4. The monoisotopic (exact) mass is 578 g/mol. The highest BCUT2D eigenvalue weighted by molar-refractivity contribution is 8.00. The summed E-state index contributed by atoms with van der Waals surface area (Å²) >= 11 is 2.27. The molecular formula is C21H24N9O7S2+. The van der Waals surface area contributed by atoms with Crippen LogP contribution < -0.4 is 27.1 Å². The Bertz CT molecular complexity index is 1440. The Morgan fingerprint density at radius 1 is 1.31 bits per heavy atom. The number of carboxylic acid groups (broad SMARTS) is 2. The highest BCUT2D eigenvalue weighted by atomic mass is 32.2. The summed E-state index contributed by atoms with van der Waals surface area (Å²) < 4.78 is 1.55. The summed E-state index contributed by atoms with van der Waals surface area (Å²) in [6.45, 7) is 2.57. The smallest absolute Gasteiger partial charge is 0.352 e. The number of nitrogens with one attached hydrogen (secondary N) is 1. The van der Waals surface area contributed by atoms with Crippen molar-refractivity contribution in [1.29, 1.82) is 0 Å². The van der Waals surface area contributed by atoms with Gasteiger partial charge in [-0.3, -0.25) is 14.5 Å². The van der Waals surface area contributed by atoms with Gasteiger partial charge in [0.05, 0.1) is 0 Å². The first-order valence-corrected chi connectivity index (χ1v) is 13.0. The van der Waals surface area contributed by atoms with E-state index in [-0.39, 0.29) is 40.3 Å². The van der Waals surface area contributed by atoms with Crippen LogP contribution in [-0.2, 0) is 30.6 Å². The number of carboxylic acids is 2. The minimum absolute atomic E-state index is 0.0120. The van der Waals surface area contributed by atoms with Gasteiger partial charge in [-0.2, -0.15) is 0 Å². The van der Waals surface area contributed by atoms with Gasteiger partial charge in [-0.1, -0.05) is 5.16 Å². The van der Waals surface area contributed by atoms with Gasteiger partial charge >= 0.3 is 11.9 Å². The van der Waals surface area contributed by atoms with Crippen molar-refractivity contribution in [3.63, 3.8) is 0 Å². The van der Waals surface area contributed by atoms with Crippen LogP contribution in [0, 0.1) is 0 Å². The van der Waals surface area contributed by atoms with Gasteiger partial charge in [0.2, 0.25) is 5.60 Å². The van der Waals surface area contributed by atoms with E-state index in [0.29, 0.717) is 5.57 Å². The molecule has 2 aliphatic heterocycles. The van der Waals surface area contributed by atoms with Crippen LogP contribution >= 0.6 is 23.1 Å². The molecule has 9 N–H and O–H groups in total. The molecule has 0 saturated carbocycles. The lowest BCUT2D eigenvalue weighted by atomic mass is 10.0. The molecule has 0 radical (unpaired) electrons. The molecule has 1 saturated heterocycles. The predicted octanol–water partition coefficient (Wildman–Crippen LogP) is -1.41. The number of thioether (sulfide) groups is 1. The van der Waals surface area contributed by atoms with Gasteiger partial charge in [0.25, 0.3) is 24.0 Å². The third-order valence-electron chi connectivity index (χ3n) is 5.72. The molecule has 18 heteroatoms. The number of anilines is 3. The number of amides is 2. The number of nitrogens with two attached hydrogens (primary N) is 3. The molecule has 1 fully saturated rings. The van der Waals surface area contributed by atoms with Crippen LogP contribution in [0.25, 0.3) is 0 Å². The second-order valence-corrected chi connectivity index (χ2v) is 10.9. The van der Waals surface area contributed by atoms with E-state index in [0.717, 1.165) is 16.2 Å². The number of rotatable bonds is 9. The van der Waals surface area contributed by atoms with E-state index < -0.39 is 46.5 Å². The largest absolute Gasteiger partial charge is 0.478 e. The molecule has 2 aliphatic rings. The number of oxime groups is 1. The first-order chi connectivity index (χ1) is 18.3. The quantitative estimate of drug-likeness (QED) is 0.0867. The molecule has 0 spiro atoms. The molecule has 2 aromatic rings. The average molecular weight is 579 g/mol. The molecule has 4 heterocycles. The minimum Gasteiger partial charge on any atom is -0.478 e. The number of carbonyl (C=O) groups excluding carboxylic acids is 2. The Morgan fingerprint density at radius 3 is 2.62 bits per heavy atom. The fourth-order valence-electron chi connectivity index (χ4n) is 3.61. The Labute approximate surface area is 228 Å². The molecule has 0 aromatic carbocycles. The zero-order valence-corrected chi connectivity index (χ0v) is 22.2. The van der Waals surface area contributed by atoms with Crippen LogP contribution in [-0.4, -0.2) is 77.3 Å². The van der Waals surface area contributed by atoms with Crippen molar-refractivity contribution < 1.29 is 38.8 Å². The standard InChI is InChI=1S/C21H23N9O7S2/c1-21(2,19(35)36)37-28-11(10-6-39-20(24)26-10)15(31)27-12-16(32)30-13(18(33)34)8(5-38-17(12)30)3-29-4-9(22)14(23)25-7-29/h4,6-7,12,17,23H,3,5,22H2,1-2H3,(H5,24,26,27,31,33,34,35,36)/p+1/b28-11-/t12-,17-/m1/s1. The molecular weight excluding hydrogens is 554 g/mol. The molecule has 206 valence electrons. The average Bonchev–Trinajstić information content (AvgIpc) is 3.29. The van der Waals surface area contributed by atoms with Gasteiger partial charge in [0.1, 0.15) is 41.2 Å². The maximum Gasteiger partial charge on any atom is 0.352 e. The van der Waals surface area contributed by atoms with Gasteiger partial charge in [0.15, 0.2) is 10.8 Å². The van der Waals surface area contributed by atoms with Crippen molar-refractivity contribution in [2.45, 2.75) is 37.4 Å². The Balaban J connectivity index is 1.56. The maximum atomic E-state index is 13.2. The number of aromatic nitrogens is 3. The Kier molecular flexibility index (Phi) is 7.33. The Morgan fingerprint density at radius 2 is 2.03 bits per heavy atom. The van der Waals surface area contributed by atoms with Crippen molar-refractivity contribution in [1.82, 2.24) is 20.2 Å². The first kappa shape index (κ1) is 27.6. The van der Waals surface area contributed by atoms with Crippen LogP contribution in [0.4, 0.5) is 16.6 Å². The van der Waals surface area contributed by atoms with E-state index >= 15 is 0 Å². The predicted molar refractivity (Wildman–Crippen MR) is 139 cm³/mol. The summed E-state index contributed by atoms with van der Waals surface area (Å²) in [6.07, 6.45) is 2.90. The van der Waals surface area contributed by atoms with Gasteiger partial charge < -0.3 is 37.6 Å². The third-order valence-corrected chi connectivity index (χ3v) is 7.73. The van der Waals surface area contributed by atoms with Crippen molar-refractivity contribution >= 4 is 69.2 Å². The van der Waals surface area contributed by atoms with E-state index in [1.807, 2.05) is 0 Å². The number of aliphatic carboxylic acids is 2. The summed E-state index contributed by atoms with van der Waals surface area (Å²) in [4.78, 5) is 63.9. The highest BCUT2D eigenvalue weighted by Crippen LogP contribution is 2.40. The lowest BCUT2D eigenvalue weighted by Gasteiger charge is -2.49. The Hall–Kier alpha value is -4.45. The van der Waals surface area contributed by atoms with Crippen LogP contribution in [0.2, 0.25) is 0 Å². The van der Waals surface area contributed by atoms with E-state index in [1.54, 1.807) is 4.57 Å². The van der Waals surface area contributed by atoms with Crippen molar-refractivity contribution in [3.8, 4) is 0 Å². The SMILES string of the molecule is CC(C)(O/N=C(\C(=O)N[C@@H]1C(=O)N2C(C(=O)O)=C(C[n+]3cnc(N)c(N)c3)CS[C@H]12)c1csc(N)n1)C(=O)O. The molecule has 0 bridgehead atoms. The van der Waals surface area contributed by atoms with Crippen LogP contribution in [0.15, 0.2) is 34.3 Å². The number of thiazole rings is 1. The van der Waals surface area contributed by atoms with E-state index in [2.05, 4.69) is 20.4 Å². The molecule has 4 rings (SSSR count). The molecule has 0 aliphatic carbocycles. The minimum atomic E-state index is -1.77. The van der Waals surface area contributed by atoms with Crippen LogP contribution in [0.3, 0.4) is 0 Å². The fraction of sp³-hybridized carbons (Fsp3) is 0.333. The van der Waals surface area contributed by atoms with Crippen LogP contribution in [0.5, 0.6) is 0 Å². The molecule has 0 unspecified atom stereocenters. The molecule has 39 heavy (non-hydrogen) atoms. The maximum absolute atomic E-state index is 13.2. The zero-order valence-electron chi connectivity index (χ0n) is 20.5. The fourth-order valence-corrected chi connectivity index (χ4v) is 5.49.